The summed E-state index contributed by atoms with van der Waals surface area (Å²) in [6.07, 6.45) is 0.800. The standard InChI is InChI=1S/C12H10BrNO/c1-15-12-6-5-10(4-2-3-7-13)8-11(12)9-14/h5-6,8H,3,7H2,1H3. The molecule has 2 nitrogen and oxygen atoms in total. The number of nitriles is 1. The Morgan fingerprint density at radius 3 is 2.87 bits per heavy atom. The Bertz CT molecular complexity index is 437. The van der Waals surface area contributed by atoms with Crippen LogP contribution in [-0.4, -0.2) is 12.4 Å². The van der Waals surface area contributed by atoms with Gasteiger partial charge in [-0.15, -0.1) is 0 Å². The number of methoxy groups -OCH3 is 1. The molecule has 76 valence electrons. The molecule has 0 aliphatic heterocycles. The van der Waals surface area contributed by atoms with E-state index in [0.29, 0.717) is 11.3 Å². The molecule has 0 aliphatic carbocycles. The fourth-order valence-electron chi connectivity index (χ4n) is 1.08. The molecule has 0 N–H and O–H groups in total. The van der Waals surface area contributed by atoms with Gasteiger partial charge in [0.25, 0.3) is 0 Å². The Hall–Kier alpha value is -1.45. The molecule has 0 amide bonds. The normalized spacial score (nSPS) is 8.60. The minimum atomic E-state index is 0.517. The summed E-state index contributed by atoms with van der Waals surface area (Å²) in [5.74, 6) is 6.56. The van der Waals surface area contributed by atoms with E-state index in [1.807, 2.05) is 6.07 Å². The van der Waals surface area contributed by atoms with Gasteiger partial charge >= 0.3 is 0 Å². The van der Waals surface area contributed by atoms with Crippen molar-refractivity contribution in [2.75, 3.05) is 12.4 Å². The molecule has 0 atom stereocenters. The molecule has 15 heavy (non-hydrogen) atoms. The van der Waals surface area contributed by atoms with Crippen LogP contribution in [-0.2, 0) is 0 Å². The van der Waals surface area contributed by atoms with Crippen LogP contribution in [0.2, 0.25) is 0 Å². The maximum atomic E-state index is 8.86. The molecule has 0 aliphatic rings. The SMILES string of the molecule is COc1ccc(C#CCCBr)cc1C#N. The van der Waals surface area contributed by atoms with Gasteiger partial charge in [0.05, 0.1) is 12.7 Å². The highest BCUT2D eigenvalue weighted by atomic mass is 79.9. The van der Waals surface area contributed by atoms with Gasteiger partial charge in [0, 0.05) is 17.3 Å². The third-order valence-corrected chi connectivity index (χ3v) is 2.17. The quantitative estimate of drug-likeness (QED) is 0.607. The van der Waals surface area contributed by atoms with Crippen molar-refractivity contribution < 1.29 is 4.74 Å². The second-order valence-corrected chi connectivity index (χ2v) is 3.56. The third kappa shape index (κ3) is 3.31. The van der Waals surface area contributed by atoms with E-state index in [9.17, 15) is 0 Å². The van der Waals surface area contributed by atoms with E-state index < -0.39 is 0 Å². The summed E-state index contributed by atoms with van der Waals surface area (Å²) in [4.78, 5) is 0. The molecule has 1 aromatic carbocycles. The van der Waals surface area contributed by atoms with E-state index in [0.717, 1.165) is 17.3 Å². The Morgan fingerprint density at radius 1 is 1.47 bits per heavy atom. The van der Waals surface area contributed by atoms with Crippen molar-refractivity contribution in [3.8, 4) is 23.7 Å². The molecule has 0 spiro atoms. The number of hydrogen-bond donors (Lipinski definition) is 0. The predicted octanol–water partition coefficient (Wildman–Crippen LogP) is 2.70. The van der Waals surface area contributed by atoms with Crippen molar-refractivity contribution in [2.45, 2.75) is 6.42 Å². The molecule has 0 unspecified atom stereocenters. The van der Waals surface area contributed by atoms with E-state index in [-0.39, 0.29) is 0 Å². The molecular formula is C12H10BrNO. The van der Waals surface area contributed by atoms with Gasteiger partial charge in [-0.05, 0) is 18.2 Å². The van der Waals surface area contributed by atoms with Crippen LogP contribution < -0.4 is 4.74 Å². The summed E-state index contributed by atoms with van der Waals surface area (Å²) in [6.45, 7) is 0. The van der Waals surface area contributed by atoms with Gasteiger partial charge in [0.1, 0.15) is 11.8 Å². The van der Waals surface area contributed by atoms with E-state index in [2.05, 4.69) is 33.8 Å². The van der Waals surface area contributed by atoms with E-state index in [1.165, 1.54) is 0 Å². The maximum absolute atomic E-state index is 8.86. The van der Waals surface area contributed by atoms with Gasteiger partial charge in [-0.25, -0.2) is 0 Å². The fourth-order valence-corrected chi connectivity index (χ4v) is 1.28. The Kier molecular flexibility index (Phi) is 4.74. The molecule has 0 saturated heterocycles. The lowest BCUT2D eigenvalue weighted by atomic mass is 10.1. The second-order valence-electron chi connectivity index (χ2n) is 2.77. The van der Waals surface area contributed by atoms with Crippen LogP contribution in [0.25, 0.3) is 0 Å². The van der Waals surface area contributed by atoms with Gasteiger partial charge < -0.3 is 4.74 Å². The second kappa shape index (κ2) is 6.11. The minimum Gasteiger partial charge on any atom is -0.495 e. The molecule has 1 aromatic rings. The Labute approximate surface area is 98.0 Å². The molecule has 0 bridgehead atoms. The molecule has 0 saturated carbocycles. The van der Waals surface area contributed by atoms with Crippen LogP contribution in [0.1, 0.15) is 17.5 Å². The van der Waals surface area contributed by atoms with E-state index in [4.69, 9.17) is 10.00 Å². The van der Waals surface area contributed by atoms with Crippen molar-refractivity contribution in [3.63, 3.8) is 0 Å². The number of alkyl halides is 1. The fraction of sp³-hybridized carbons (Fsp3) is 0.250. The average molecular weight is 264 g/mol. The van der Waals surface area contributed by atoms with Crippen LogP contribution in [0.15, 0.2) is 18.2 Å². The number of ether oxygens (including phenoxy) is 1. The Balaban J connectivity index is 2.96. The smallest absolute Gasteiger partial charge is 0.136 e. The monoisotopic (exact) mass is 263 g/mol. The summed E-state index contributed by atoms with van der Waals surface area (Å²) in [5, 5.41) is 9.72. The zero-order chi connectivity index (χ0) is 11.1. The highest BCUT2D eigenvalue weighted by Crippen LogP contribution is 2.18. The summed E-state index contributed by atoms with van der Waals surface area (Å²) < 4.78 is 5.04. The number of hydrogen-bond acceptors (Lipinski definition) is 2. The van der Waals surface area contributed by atoms with Gasteiger partial charge in [-0.1, -0.05) is 27.8 Å². The van der Waals surface area contributed by atoms with Crippen molar-refractivity contribution >= 4 is 15.9 Å². The zero-order valence-electron chi connectivity index (χ0n) is 8.38. The van der Waals surface area contributed by atoms with Crippen LogP contribution in [0.4, 0.5) is 0 Å². The topological polar surface area (TPSA) is 33.0 Å². The number of rotatable bonds is 2. The molecule has 0 radical (unpaired) electrons. The lowest BCUT2D eigenvalue weighted by Crippen LogP contribution is -1.88. The van der Waals surface area contributed by atoms with Crippen LogP contribution in [0.3, 0.4) is 0 Å². The van der Waals surface area contributed by atoms with Gasteiger partial charge in [0.2, 0.25) is 0 Å². The number of nitrogens with zero attached hydrogens (tertiary/aromatic N) is 1. The minimum absolute atomic E-state index is 0.517. The summed E-state index contributed by atoms with van der Waals surface area (Å²) >= 11 is 3.30. The zero-order valence-corrected chi connectivity index (χ0v) is 9.97. The first kappa shape index (κ1) is 11.6. The first-order valence-electron chi connectivity index (χ1n) is 4.44. The van der Waals surface area contributed by atoms with Gasteiger partial charge in [-0.2, -0.15) is 5.26 Å². The van der Waals surface area contributed by atoms with Crippen molar-refractivity contribution in [3.05, 3.63) is 29.3 Å². The van der Waals surface area contributed by atoms with Crippen molar-refractivity contribution in [2.24, 2.45) is 0 Å². The highest BCUT2D eigenvalue weighted by Gasteiger charge is 2.01. The lowest BCUT2D eigenvalue weighted by Gasteiger charge is -2.01. The largest absolute Gasteiger partial charge is 0.495 e. The van der Waals surface area contributed by atoms with Crippen LogP contribution in [0.5, 0.6) is 5.75 Å². The van der Waals surface area contributed by atoms with E-state index >= 15 is 0 Å². The number of halogens is 1. The summed E-state index contributed by atoms with van der Waals surface area (Å²) in [7, 11) is 1.55. The predicted molar refractivity (Wildman–Crippen MR) is 63.0 cm³/mol. The molecule has 3 heteroatoms. The van der Waals surface area contributed by atoms with Crippen LogP contribution in [0, 0.1) is 23.2 Å². The summed E-state index contributed by atoms with van der Waals surface area (Å²) in [5.41, 5.74) is 1.36. The van der Waals surface area contributed by atoms with Crippen LogP contribution >= 0.6 is 15.9 Å². The molecule has 0 aromatic heterocycles. The third-order valence-electron chi connectivity index (χ3n) is 1.77. The molecular weight excluding hydrogens is 254 g/mol. The summed E-state index contributed by atoms with van der Waals surface area (Å²) in [6, 6.07) is 7.42. The van der Waals surface area contributed by atoms with Gasteiger partial charge in [-0.3, -0.25) is 0 Å². The average Bonchev–Trinajstić information content (AvgIpc) is 2.29. The molecule has 0 heterocycles. The van der Waals surface area contributed by atoms with Gasteiger partial charge in [0.15, 0.2) is 0 Å². The first-order chi connectivity index (χ1) is 7.31. The Morgan fingerprint density at radius 2 is 2.27 bits per heavy atom. The lowest BCUT2D eigenvalue weighted by molar-refractivity contribution is 0.413. The van der Waals surface area contributed by atoms with Crippen molar-refractivity contribution in [1.29, 1.82) is 5.26 Å². The highest BCUT2D eigenvalue weighted by molar-refractivity contribution is 9.09. The maximum Gasteiger partial charge on any atom is 0.136 e. The molecule has 0 fully saturated rings. The van der Waals surface area contributed by atoms with Crippen molar-refractivity contribution in [1.82, 2.24) is 0 Å². The molecule has 1 rings (SSSR count). The number of benzene rings is 1. The first-order valence-corrected chi connectivity index (χ1v) is 5.57. The van der Waals surface area contributed by atoms with E-state index in [1.54, 1.807) is 19.2 Å².